The van der Waals surface area contributed by atoms with Crippen LogP contribution in [0.3, 0.4) is 0 Å². The summed E-state index contributed by atoms with van der Waals surface area (Å²) in [5.41, 5.74) is 0.136. The van der Waals surface area contributed by atoms with E-state index in [1.54, 1.807) is 12.1 Å². The zero-order valence-corrected chi connectivity index (χ0v) is 12.4. The van der Waals surface area contributed by atoms with Crippen LogP contribution in [0.5, 0.6) is 0 Å². The van der Waals surface area contributed by atoms with Crippen LogP contribution in [0.4, 0.5) is 5.69 Å². The van der Waals surface area contributed by atoms with Crippen molar-refractivity contribution >= 4 is 21.5 Å². The number of benzene rings is 1. The van der Waals surface area contributed by atoms with E-state index in [1.165, 1.54) is 0 Å². The Kier molecular flexibility index (Phi) is 3.77. The summed E-state index contributed by atoms with van der Waals surface area (Å²) in [5, 5.41) is 11.7. The van der Waals surface area contributed by atoms with Crippen molar-refractivity contribution in [2.24, 2.45) is 0 Å². The van der Waals surface area contributed by atoms with Gasteiger partial charge in [0.1, 0.15) is 0 Å². The third-order valence-corrected chi connectivity index (χ3v) is 5.66. The molecule has 1 aromatic rings. The van der Waals surface area contributed by atoms with E-state index in [4.69, 9.17) is 0 Å². The first kappa shape index (κ1) is 14.8. The van der Waals surface area contributed by atoms with Gasteiger partial charge in [-0.1, -0.05) is 18.2 Å². The molecule has 5 nitrogen and oxygen atoms in total. The number of hydrogen-bond donors (Lipinski definition) is 2. The van der Waals surface area contributed by atoms with Crippen LogP contribution >= 0.6 is 0 Å². The van der Waals surface area contributed by atoms with Crippen LogP contribution in [0.25, 0.3) is 0 Å². The molecule has 0 aliphatic heterocycles. The molecule has 1 aromatic carbocycles. The van der Waals surface area contributed by atoms with E-state index in [-0.39, 0.29) is 0 Å². The number of aryl methyl sites for hydroxylation is 1. The zero-order chi connectivity index (χ0) is 15.0. The summed E-state index contributed by atoms with van der Waals surface area (Å²) in [6, 6.07) is 7.30. The number of rotatable bonds is 4. The molecule has 2 N–H and O–H groups in total. The van der Waals surface area contributed by atoms with Crippen molar-refractivity contribution in [1.29, 1.82) is 0 Å². The molecule has 0 aromatic heterocycles. The highest BCUT2D eigenvalue weighted by Gasteiger charge is 2.54. The van der Waals surface area contributed by atoms with E-state index in [1.807, 2.05) is 19.1 Å². The average Bonchev–Trinajstić information content (AvgIpc) is 2.77. The van der Waals surface area contributed by atoms with Crippen LogP contribution < -0.4 is 5.32 Å². The maximum atomic E-state index is 11.9. The summed E-state index contributed by atoms with van der Waals surface area (Å²) in [6.45, 7) is 1.86. The monoisotopic (exact) mass is 297 g/mol. The minimum absolute atomic E-state index is 0.314. The maximum absolute atomic E-state index is 11.9. The van der Waals surface area contributed by atoms with E-state index in [0.717, 1.165) is 11.8 Å². The Morgan fingerprint density at radius 3 is 2.60 bits per heavy atom. The molecule has 0 heterocycles. The molecule has 0 saturated heterocycles. The second kappa shape index (κ2) is 5.09. The molecular weight excluding hydrogens is 278 g/mol. The molecule has 1 aliphatic carbocycles. The molecule has 2 atom stereocenters. The summed E-state index contributed by atoms with van der Waals surface area (Å²) >= 11 is 0. The van der Waals surface area contributed by atoms with Crippen molar-refractivity contribution < 1.29 is 18.3 Å². The Bertz CT molecular complexity index is 626. The van der Waals surface area contributed by atoms with Crippen molar-refractivity contribution in [3.63, 3.8) is 0 Å². The molecule has 2 unspecified atom stereocenters. The predicted octanol–water partition coefficient (Wildman–Crippen LogP) is 1.83. The summed E-state index contributed by atoms with van der Waals surface area (Å²) in [5.74, 6) is -1.10. The van der Waals surface area contributed by atoms with E-state index in [0.29, 0.717) is 24.9 Å². The lowest BCUT2D eigenvalue weighted by molar-refractivity contribution is -0.141. The Balaban J connectivity index is 2.46. The highest BCUT2D eigenvalue weighted by Crippen LogP contribution is 2.38. The number of nitrogens with one attached hydrogen (secondary N) is 1. The van der Waals surface area contributed by atoms with Gasteiger partial charge in [0.15, 0.2) is 15.4 Å². The van der Waals surface area contributed by atoms with Crippen LogP contribution in [0.2, 0.25) is 0 Å². The number of anilines is 1. The molecule has 6 heteroatoms. The average molecular weight is 297 g/mol. The molecule has 0 bridgehead atoms. The molecule has 0 amide bonds. The van der Waals surface area contributed by atoms with Crippen LogP contribution in [-0.2, 0) is 14.6 Å². The fraction of sp³-hybridized carbons (Fsp3) is 0.500. The molecule has 20 heavy (non-hydrogen) atoms. The van der Waals surface area contributed by atoms with Gasteiger partial charge in [0, 0.05) is 11.9 Å². The first-order valence-electron chi connectivity index (χ1n) is 6.53. The molecular formula is C14H19NO4S. The molecule has 1 aliphatic rings. The highest BCUT2D eigenvalue weighted by molar-refractivity contribution is 7.91. The number of para-hydroxylation sites is 1. The fourth-order valence-corrected chi connectivity index (χ4v) is 4.55. The summed E-state index contributed by atoms with van der Waals surface area (Å²) in [7, 11) is -3.43. The summed E-state index contributed by atoms with van der Waals surface area (Å²) in [6.07, 6.45) is 2.39. The normalized spacial score (nSPS) is 26.4. The van der Waals surface area contributed by atoms with Crippen molar-refractivity contribution in [2.75, 3.05) is 11.6 Å². The summed E-state index contributed by atoms with van der Waals surface area (Å²) < 4.78 is 23.9. The highest BCUT2D eigenvalue weighted by atomic mass is 32.2. The van der Waals surface area contributed by atoms with Gasteiger partial charge in [0.05, 0.1) is 5.25 Å². The van der Waals surface area contributed by atoms with Gasteiger partial charge in [-0.15, -0.1) is 0 Å². The smallest absolute Gasteiger partial charge is 0.330 e. The van der Waals surface area contributed by atoms with Gasteiger partial charge < -0.3 is 10.4 Å². The topological polar surface area (TPSA) is 83.5 Å². The third-order valence-electron chi connectivity index (χ3n) is 3.99. The van der Waals surface area contributed by atoms with E-state index in [2.05, 4.69) is 5.32 Å². The first-order chi connectivity index (χ1) is 9.27. The number of aliphatic carboxylic acids is 1. The minimum atomic E-state index is -3.43. The standard InChI is InChI=1S/C14H19NO4S/c1-10-6-3-4-7-11(10)15-14(13(16)17)9-5-8-12(14)20(2,18)19/h3-4,6-7,12,15H,5,8-9H2,1-2H3,(H,16,17). The van der Waals surface area contributed by atoms with E-state index in [9.17, 15) is 18.3 Å². The van der Waals surface area contributed by atoms with Crippen LogP contribution in [0.1, 0.15) is 24.8 Å². The Morgan fingerprint density at radius 1 is 1.40 bits per heavy atom. The van der Waals surface area contributed by atoms with Gasteiger partial charge in [-0.3, -0.25) is 0 Å². The lowest BCUT2D eigenvalue weighted by Gasteiger charge is -2.32. The van der Waals surface area contributed by atoms with Gasteiger partial charge in [0.25, 0.3) is 0 Å². The largest absolute Gasteiger partial charge is 0.479 e. The minimum Gasteiger partial charge on any atom is -0.479 e. The number of carboxylic acid groups (broad SMARTS) is 1. The van der Waals surface area contributed by atoms with Crippen molar-refractivity contribution in [1.82, 2.24) is 0 Å². The van der Waals surface area contributed by atoms with Gasteiger partial charge in [-0.05, 0) is 37.8 Å². The maximum Gasteiger partial charge on any atom is 0.330 e. The second-order valence-electron chi connectivity index (χ2n) is 5.43. The number of carbonyl (C=O) groups is 1. The Labute approximate surface area is 118 Å². The second-order valence-corrected chi connectivity index (χ2v) is 7.65. The zero-order valence-electron chi connectivity index (χ0n) is 11.6. The number of sulfone groups is 1. The summed E-state index contributed by atoms with van der Waals surface area (Å²) in [4.78, 5) is 11.8. The van der Waals surface area contributed by atoms with Crippen molar-refractivity contribution in [3.8, 4) is 0 Å². The van der Waals surface area contributed by atoms with Crippen molar-refractivity contribution in [2.45, 2.75) is 37.0 Å². The van der Waals surface area contributed by atoms with Crippen LogP contribution in [0.15, 0.2) is 24.3 Å². The number of hydrogen-bond acceptors (Lipinski definition) is 4. The van der Waals surface area contributed by atoms with E-state index >= 15 is 0 Å². The fourth-order valence-electron chi connectivity index (χ4n) is 2.95. The first-order valence-corrected chi connectivity index (χ1v) is 8.49. The Hall–Kier alpha value is -1.56. The molecule has 1 fully saturated rings. The van der Waals surface area contributed by atoms with Gasteiger partial charge in [-0.25, -0.2) is 13.2 Å². The molecule has 110 valence electrons. The van der Waals surface area contributed by atoms with Crippen LogP contribution in [0, 0.1) is 6.92 Å². The van der Waals surface area contributed by atoms with Crippen LogP contribution in [-0.4, -0.2) is 36.5 Å². The van der Waals surface area contributed by atoms with Gasteiger partial charge in [0.2, 0.25) is 0 Å². The lowest BCUT2D eigenvalue weighted by Crippen LogP contribution is -2.55. The Morgan fingerprint density at radius 2 is 2.05 bits per heavy atom. The number of carboxylic acids is 1. The molecule has 2 rings (SSSR count). The molecule has 1 saturated carbocycles. The molecule has 0 spiro atoms. The SMILES string of the molecule is Cc1ccccc1NC1(C(=O)O)CCCC1S(C)(=O)=O. The lowest BCUT2D eigenvalue weighted by atomic mass is 9.96. The quantitative estimate of drug-likeness (QED) is 0.886. The van der Waals surface area contributed by atoms with Crippen molar-refractivity contribution in [3.05, 3.63) is 29.8 Å². The predicted molar refractivity (Wildman–Crippen MR) is 77.7 cm³/mol. The molecule has 0 radical (unpaired) electrons. The van der Waals surface area contributed by atoms with Gasteiger partial charge >= 0.3 is 5.97 Å². The third kappa shape index (κ3) is 2.52. The van der Waals surface area contributed by atoms with E-state index < -0.39 is 26.6 Å². The van der Waals surface area contributed by atoms with Gasteiger partial charge in [-0.2, -0.15) is 0 Å².